The van der Waals surface area contributed by atoms with Gasteiger partial charge in [0.25, 0.3) is 0 Å². The Balaban J connectivity index is 2.34. The maximum atomic E-state index is 13.3. The second-order valence-electron chi connectivity index (χ2n) is 5.84. The van der Waals surface area contributed by atoms with Crippen molar-refractivity contribution in [2.45, 2.75) is 39.3 Å². The van der Waals surface area contributed by atoms with Gasteiger partial charge in [0.2, 0.25) is 0 Å². The molecule has 0 bridgehead atoms. The molecule has 0 aliphatic rings. The third-order valence-corrected chi connectivity index (χ3v) is 3.74. The highest BCUT2D eigenvalue weighted by atomic mass is 19.4. The number of hydrogen-bond donors (Lipinski definition) is 0. The number of unbranched alkanes of at least 4 members (excludes halogenated alkanes) is 2. The predicted molar refractivity (Wildman–Crippen MR) is 91.3 cm³/mol. The fraction of sp³-hybridized carbons (Fsp3) is 0.444. The van der Waals surface area contributed by atoms with Crippen molar-refractivity contribution >= 4 is 11.5 Å². The quantitative estimate of drug-likeness (QED) is 0.646. The number of anilines is 2. The largest absolute Gasteiger partial charge is 0.463 e. The summed E-state index contributed by atoms with van der Waals surface area (Å²) in [5.41, 5.74) is 0.668. The molecule has 0 atom stereocenters. The Kier molecular flexibility index (Phi) is 6.22. The van der Waals surface area contributed by atoms with Gasteiger partial charge < -0.3 is 9.64 Å². The highest BCUT2D eigenvalue weighted by Gasteiger charge is 2.36. The molecule has 0 aliphatic heterocycles. The van der Waals surface area contributed by atoms with Crippen molar-refractivity contribution in [3.63, 3.8) is 0 Å². The first-order valence-corrected chi connectivity index (χ1v) is 8.20. The van der Waals surface area contributed by atoms with Crippen LogP contribution in [0.5, 0.6) is 6.01 Å². The molecule has 25 heavy (non-hydrogen) atoms. The summed E-state index contributed by atoms with van der Waals surface area (Å²) in [4.78, 5) is 9.13. The molecule has 0 radical (unpaired) electrons. The number of benzene rings is 1. The van der Waals surface area contributed by atoms with Crippen LogP contribution in [0, 0.1) is 6.92 Å². The van der Waals surface area contributed by atoms with Crippen molar-refractivity contribution in [3.8, 4) is 6.01 Å². The van der Waals surface area contributed by atoms with Crippen molar-refractivity contribution in [1.29, 1.82) is 0 Å². The van der Waals surface area contributed by atoms with Crippen molar-refractivity contribution < 1.29 is 17.9 Å². The summed E-state index contributed by atoms with van der Waals surface area (Å²) in [7, 11) is 1.55. The summed E-state index contributed by atoms with van der Waals surface area (Å²) in [6, 6.07) is 7.15. The zero-order valence-corrected chi connectivity index (χ0v) is 14.6. The summed E-state index contributed by atoms with van der Waals surface area (Å²) in [5, 5.41) is 0. The molecule has 0 unspecified atom stereocenters. The van der Waals surface area contributed by atoms with Gasteiger partial charge in [-0.05, 0) is 31.0 Å². The van der Waals surface area contributed by atoms with E-state index >= 15 is 0 Å². The van der Waals surface area contributed by atoms with Crippen LogP contribution in [0.4, 0.5) is 24.7 Å². The van der Waals surface area contributed by atoms with Gasteiger partial charge in [0.15, 0.2) is 5.82 Å². The molecule has 136 valence electrons. The van der Waals surface area contributed by atoms with Gasteiger partial charge >= 0.3 is 12.2 Å². The molecular weight excluding hydrogens is 331 g/mol. The van der Waals surface area contributed by atoms with Gasteiger partial charge in [-0.25, -0.2) is 4.98 Å². The monoisotopic (exact) mass is 353 g/mol. The second-order valence-corrected chi connectivity index (χ2v) is 5.84. The molecule has 2 aromatic rings. The molecule has 0 N–H and O–H groups in total. The molecule has 1 aromatic carbocycles. The predicted octanol–water partition coefficient (Wildman–Crippen LogP) is 5.14. The van der Waals surface area contributed by atoms with E-state index in [0.29, 0.717) is 12.3 Å². The van der Waals surface area contributed by atoms with Crippen molar-refractivity contribution in [2.24, 2.45) is 0 Å². The van der Waals surface area contributed by atoms with Crippen molar-refractivity contribution in [2.75, 3.05) is 18.6 Å². The number of ether oxygens (including phenoxy) is 1. The maximum absolute atomic E-state index is 13.3. The molecule has 1 heterocycles. The van der Waals surface area contributed by atoms with Crippen LogP contribution in [-0.4, -0.2) is 23.6 Å². The normalized spacial score (nSPS) is 11.4. The average molecular weight is 353 g/mol. The number of halogens is 3. The molecule has 0 spiro atoms. The van der Waals surface area contributed by atoms with Gasteiger partial charge in [-0.3, -0.25) is 0 Å². The minimum absolute atomic E-state index is 0.0430. The van der Waals surface area contributed by atoms with E-state index in [4.69, 9.17) is 4.74 Å². The third kappa shape index (κ3) is 5.08. The first kappa shape index (κ1) is 19.0. The molecule has 0 saturated carbocycles. The standard InChI is InChI=1S/C18H22F3N3O/c1-4-5-6-10-25-17-22-12-15(18(19,20)21)16(23-17)24(3)14-9-7-8-13(2)11-14/h7-9,11-12H,4-6,10H2,1-3H3. The lowest BCUT2D eigenvalue weighted by Gasteiger charge is -2.23. The van der Waals surface area contributed by atoms with Gasteiger partial charge in [0.05, 0.1) is 6.61 Å². The lowest BCUT2D eigenvalue weighted by atomic mass is 10.2. The second kappa shape index (κ2) is 8.18. The summed E-state index contributed by atoms with van der Waals surface area (Å²) < 4.78 is 45.4. The third-order valence-electron chi connectivity index (χ3n) is 3.74. The fourth-order valence-electron chi connectivity index (χ4n) is 2.36. The zero-order chi connectivity index (χ0) is 18.4. The molecule has 0 saturated heterocycles. The van der Waals surface area contributed by atoms with E-state index in [1.807, 2.05) is 13.0 Å². The number of alkyl halides is 3. The maximum Gasteiger partial charge on any atom is 0.421 e. The molecule has 2 rings (SSSR count). The minimum atomic E-state index is -4.55. The van der Waals surface area contributed by atoms with Crippen molar-refractivity contribution in [1.82, 2.24) is 9.97 Å². The first-order chi connectivity index (χ1) is 11.8. The average Bonchev–Trinajstić information content (AvgIpc) is 2.57. The molecule has 0 fully saturated rings. The van der Waals surface area contributed by atoms with Crippen molar-refractivity contribution in [3.05, 3.63) is 41.6 Å². The Morgan fingerprint density at radius 3 is 2.60 bits per heavy atom. The number of hydrogen-bond acceptors (Lipinski definition) is 4. The molecule has 7 heteroatoms. The van der Waals surface area contributed by atoms with Crippen LogP contribution >= 0.6 is 0 Å². The van der Waals surface area contributed by atoms with Gasteiger partial charge in [0.1, 0.15) is 5.56 Å². The molecule has 1 aromatic heterocycles. The zero-order valence-electron chi connectivity index (χ0n) is 14.6. The minimum Gasteiger partial charge on any atom is -0.463 e. The van der Waals surface area contributed by atoms with Crippen LogP contribution < -0.4 is 9.64 Å². The van der Waals surface area contributed by atoms with E-state index < -0.39 is 11.7 Å². The van der Waals surface area contributed by atoms with Gasteiger partial charge in [-0.15, -0.1) is 0 Å². The van der Waals surface area contributed by atoms with Crippen LogP contribution in [0.25, 0.3) is 0 Å². The van der Waals surface area contributed by atoms with E-state index in [0.717, 1.165) is 31.0 Å². The molecular formula is C18H22F3N3O. The summed E-state index contributed by atoms with van der Waals surface area (Å²) in [5.74, 6) is -0.224. The van der Waals surface area contributed by atoms with E-state index in [-0.39, 0.29) is 11.8 Å². The number of rotatable bonds is 7. The number of nitrogens with zero attached hydrogens (tertiary/aromatic N) is 3. The SMILES string of the molecule is CCCCCOc1ncc(C(F)(F)F)c(N(C)c2cccc(C)c2)n1. The van der Waals surface area contributed by atoms with Crippen LogP contribution in [0.1, 0.15) is 37.3 Å². The molecule has 0 amide bonds. The smallest absolute Gasteiger partial charge is 0.421 e. The lowest BCUT2D eigenvalue weighted by Crippen LogP contribution is -2.19. The highest BCUT2D eigenvalue weighted by molar-refractivity contribution is 5.63. The van der Waals surface area contributed by atoms with Crippen LogP contribution in [0.2, 0.25) is 0 Å². The fourth-order valence-corrected chi connectivity index (χ4v) is 2.36. The van der Waals surface area contributed by atoms with E-state index in [1.54, 1.807) is 25.2 Å². The Hall–Kier alpha value is -2.31. The number of aromatic nitrogens is 2. The van der Waals surface area contributed by atoms with E-state index in [1.165, 1.54) is 4.90 Å². The van der Waals surface area contributed by atoms with Gasteiger partial charge in [0, 0.05) is 18.9 Å². The van der Waals surface area contributed by atoms with Gasteiger partial charge in [-0.1, -0.05) is 31.9 Å². The summed E-state index contributed by atoms with van der Waals surface area (Å²) >= 11 is 0. The molecule has 4 nitrogen and oxygen atoms in total. The summed E-state index contributed by atoms with van der Waals surface area (Å²) in [6.45, 7) is 4.32. The molecule has 0 aliphatic carbocycles. The topological polar surface area (TPSA) is 38.2 Å². The Morgan fingerprint density at radius 2 is 1.96 bits per heavy atom. The van der Waals surface area contributed by atoms with Crippen LogP contribution in [0.3, 0.4) is 0 Å². The van der Waals surface area contributed by atoms with Crippen LogP contribution in [0.15, 0.2) is 30.5 Å². The van der Waals surface area contributed by atoms with Crippen LogP contribution in [-0.2, 0) is 6.18 Å². The summed E-state index contributed by atoms with van der Waals surface area (Å²) in [6.07, 6.45) is -0.947. The Bertz CT molecular complexity index is 704. The van der Waals surface area contributed by atoms with Gasteiger partial charge in [-0.2, -0.15) is 18.2 Å². The highest BCUT2D eigenvalue weighted by Crippen LogP contribution is 2.37. The lowest BCUT2D eigenvalue weighted by molar-refractivity contribution is -0.137. The first-order valence-electron chi connectivity index (χ1n) is 8.20. The van der Waals surface area contributed by atoms with E-state index in [9.17, 15) is 13.2 Å². The van der Waals surface area contributed by atoms with E-state index in [2.05, 4.69) is 16.9 Å². The Labute approximate surface area is 145 Å². The Morgan fingerprint density at radius 1 is 1.20 bits per heavy atom. The number of aryl methyl sites for hydroxylation is 1.